The SMILES string of the molecule is COC(=O)c1cccc(N2C(=O)C(Cl)=C(Nc3cccc(C(=O)N(C)c4ccccc4)c3)C2=O)c1. The van der Waals surface area contributed by atoms with E-state index in [1.54, 1.807) is 31.3 Å². The van der Waals surface area contributed by atoms with E-state index in [2.05, 4.69) is 5.32 Å². The minimum absolute atomic E-state index is 0.138. The number of nitrogens with one attached hydrogen (secondary N) is 1. The fraction of sp³-hybridized carbons (Fsp3) is 0.0769. The molecule has 0 radical (unpaired) electrons. The van der Waals surface area contributed by atoms with Crippen molar-refractivity contribution in [2.24, 2.45) is 0 Å². The number of carbonyl (C=O) groups excluding carboxylic acids is 4. The number of halogens is 1. The van der Waals surface area contributed by atoms with Gasteiger partial charge in [-0.1, -0.05) is 41.9 Å². The molecule has 0 fully saturated rings. The first-order valence-electron chi connectivity index (χ1n) is 10.5. The van der Waals surface area contributed by atoms with E-state index in [1.807, 2.05) is 30.3 Å². The van der Waals surface area contributed by atoms with Gasteiger partial charge in [0, 0.05) is 24.0 Å². The number of amides is 3. The van der Waals surface area contributed by atoms with Crippen molar-refractivity contribution in [2.75, 3.05) is 29.3 Å². The molecule has 1 heterocycles. The first-order chi connectivity index (χ1) is 16.8. The third kappa shape index (κ3) is 4.64. The van der Waals surface area contributed by atoms with E-state index in [0.717, 1.165) is 10.6 Å². The lowest BCUT2D eigenvalue weighted by Gasteiger charge is -2.18. The van der Waals surface area contributed by atoms with Crippen LogP contribution in [-0.4, -0.2) is 37.8 Å². The summed E-state index contributed by atoms with van der Waals surface area (Å²) in [6.45, 7) is 0. The first kappa shape index (κ1) is 23.7. The van der Waals surface area contributed by atoms with E-state index >= 15 is 0 Å². The number of ether oxygens (including phenoxy) is 1. The van der Waals surface area contributed by atoms with E-state index < -0.39 is 17.8 Å². The maximum atomic E-state index is 13.1. The molecule has 0 atom stereocenters. The number of para-hydroxylation sites is 1. The van der Waals surface area contributed by atoms with Crippen molar-refractivity contribution in [2.45, 2.75) is 0 Å². The molecule has 3 amide bonds. The average molecular weight is 490 g/mol. The van der Waals surface area contributed by atoms with Crippen molar-refractivity contribution in [3.05, 3.63) is 101 Å². The van der Waals surface area contributed by atoms with Crippen molar-refractivity contribution in [3.63, 3.8) is 0 Å². The molecule has 1 aliphatic heterocycles. The van der Waals surface area contributed by atoms with Crippen LogP contribution in [0, 0.1) is 0 Å². The molecule has 0 spiro atoms. The highest BCUT2D eigenvalue weighted by Crippen LogP contribution is 2.31. The molecular formula is C26H20ClN3O5. The van der Waals surface area contributed by atoms with E-state index in [-0.39, 0.29) is 27.9 Å². The molecule has 0 aliphatic carbocycles. The monoisotopic (exact) mass is 489 g/mol. The Labute approximate surface area is 206 Å². The second-order valence-corrected chi connectivity index (χ2v) is 7.96. The second-order valence-electron chi connectivity index (χ2n) is 7.58. The molecule has 0 bridgehead atoms. The predicted octanol–water partition coefficient (Wildman–Crippen LogP) is 4.19. The number of carbonyl (C=O) groups is 4. The number of hydrogen-bond donors (Lipinski definition) is 1. The Balaban J connectivity index is 1.57. The summed E-state index contributed by atoms with van der Waals surface area (Å²) in [5.74, 6) is -2.29. The van der Waals surface area contributed by atoms with Gasteiger partial charge in [-0.15, -0.1) is 0 Å². The van der Waals surface area contributed by atoms with Gasteiger partial charge in [-0.3, -0.25) is 14.4 Å². The smallest absolute Gasteiger partial charge is 0.337 e. The summed E-state index contributed by atoms with van der Waals surface area (Å²) in [6, 6.07) is 21.6. The molecule has 0 saturated carbocycles. The maximum absolute atomic E-state index is 13.1. The van der Waals surface area contributed by atoms with Gasteiger partial charge < -0.3 is 15.0 Å². The number of nitrogens with zero attached hydrogens (tertiary/aromatic N) is 2. The molecular weight excluding hydrogens is 470 g/mol. The van der Waals surface area contributed by atoms with Crippen molar-refractivity contribution in [1.29, 1.82) is 0 Å². The zero-order chi connectivity index (χ0) is 25.1. The summed E-state index contributed by atoms with van der Waals surface area (Å²) < 4.78 is 4.70. The Morgan fingerprint density at radius 3 is 2.29 bits per heavy atom. The molecule has 1 aliphatic rings. The van der Waals surface area contributed by atoms with Crippen LogP contribution in [0.2, 0.25) is 0 Å². The summed E-state index contributed by atoms with van der Waals surface area (Å²) >= 11 is 6.22. The topological polar surface area (TPSA) is 96.0 Å². The fourth-order valence-electron chi connectivity index (χ4n) is 3.57. The standard InChI is InChI=1S/C26H20ClN3O5/c1-29(19-11-4-3-5-12-19)23(31)16-8-6-10-18(14-16)28-22-21(27)24(32)30(25(22)33)20-13-7-9-17(15-20)26(34)35-2/h3-15,28H,1-2H3. The average Bonchev–Trinajstić information content (AvgIpc) is 3.10. The van der Waals surface area contributed by atoms with Crippen LogP contribution < -0.4 is 15.1 Å². The normalized spacial score (nSPS) is 13.2. The number of anilines is 3. The highest BCUT2D eigenvalue weighted by Gasteiger charge is 2.39. The van der Waals surface area contributed by atoms with Gasteiger partial charge in [0.1, 0.15) is 10.7 Å². The molecule has 3 aromatic rings. The number of benzene rings is 3. The number of imide groups is 1. The van der Waals surface area contributed by atoms with Crippen LogP contribution in [0.25, 0.3) is 0 Å². The zero-order valence-electron chi connectivity index (χ0n) is 18.8. The van der Waals surface area contributed by atoms with Crippen molar-refractivity contribution in [1.82, 2.24) is 0 Å². The summed E-state index contributed by atoms with van der Waals surface area (Å²) in [4.78, 5) is 53.1. The molecule has 1 N–H and O–H groups in total. The van der Waals surface area contributed by atoms with Gasteiger partial charge in [0.2, 0.25) is 0 Å². The third-order valence-electron chi connectivity index (χ3n) is 5.38. The molecule has 0 saturated heterocycles. The molecule has 4 rings (SSSR count). The highest BCUT2D eigenvalue weighted by atomic mass is 35.5. The minimum Gasteiger partial charge on any atom is -0.465 e. The zero-order valence-corrected chi connectivity index (χ0v) is 19.6. The fourth-order valence-corrected chi connectivity index (χ4v) is 3.79. The van der Waals surface area contributed by atoms with Crippen LogP contribution in [0.1, 0.15) is 20.7 Å². The lowest BCUT2D eigenvalue weighted by atomic mass is 10.1. The Morgan fingerprint density at radius 1 is 0.886 bits per heavy atom. The quantitative estimate of drug-likeness (QED) is 0.412. The molecule has 8 nitrogen and oxygen atoms in total. The van der Waals surface area contributed by atoms with Crippen molar-refractivity contribution in [3.8, 4) is 0 Å². The van der Waals surface area contributed by atoms with Crippen LogP contribution >= 0.6 is 11.6 Å². The van der Waals surface area contributed by atoms with Gasteiger partial charge in [0.25, 0.3) is 17.7 Å². The van der Waals surface area contributed by atoms with E-state index in [1.165, 1.54) is 36.3 Å². The van der Waals surface area contributed by atoms with Crippen molar-refractivity contribution < 1.29 is 23.9 Å². The Bertz CT molecular complexity index is 1370. The van der Waals surface area contributed by atoms with E-state index in [9.17, 15) is 19.2 Å². The van der Waals surface area contributed by atoms with Crippen LogP contribution in [0.4, 0.5) is 17.1 Å². The summed E-state index contributed by atoms with van der Waals surface area (Å²) in [5.41, 5.74) is 1.71. The minimum atomic E-state index is -0.739. The van der Waals surface area contributed by atoms with Gasteiger partial charge in [0.15, 0.2) is 0 Å². The lowest BCUT2D eigenvalue weighted by molar-refractivity contribution is -0.120. The summed E-state index contributed by atoms with van der Waals surface area (Å²) in [6.07, 6.45) is 0. The van der Waals surface area contributed by atoms with E-state index in [4.69, 9.17) is 16.3 Å². The van der Waals surface area contributed by atoms with Gasteiger partial charge in [-0.25, -0.2) is 9.69 Å². The van der Waals surface area contributed by atoms with Gasteiger partial charge >= 0.3 is 5.97 Å². The Morgan fingerprint density at radius 2 is 1.57 bits per heavy atom. The molecule has 9 heteroatoms. The lowest BCUT2D eigenvalue weighted by Crippen LogP contribution is -2.32. The highest BCUT2D eigenvalue weighted by molar-refractivity contribution is 6.53. The van der Waals surface area contributed by atoms with Gasteiger partial charge in [-0.2, -0.15) is 0 Å². The van der Waals surface area contributed by atoms with Crippen LogP contribution in [0.15, 0.2) is 89.6 Å². The second kappa shape index (κ2) is 9.82. The number of rotatable bonds is 6. The molecule has 3 aromatic carbocycles. The van der Waals surface area contributed by atoms with Crippen LogP contribution in [-0.2, 0) is 14.3 Å². The largest absolute Gasteiger partial charge is 0.465 e. The molecule has 0 unspecified atom stereocenters. The summed E-state index contributed by atoms with van der Waals surface area (Å²) in [7, 11) is 2.90. The predicted molar refractivity (Wildman–Crippen MR) is 132 cm³/mol. The third-order valence-corrected chi connectivity index (χ3v) is 5.73. The van der Waals surface area contributed by atoms with Crippen molar-refractivity contribution >= 4 is 52.4 Å². The molecule has 0 aromatic heterocycles. The van der Waals surface area contributed by atoms with E-state index in [0.29, 0.717) is 11.3 Å². The van der Waals surface area contributed by atoms with Gasteiger partial charge in [-0.05, 0) is 48.5 Å². The maximum Gasteiger partial charge on any atom is 0.337 e. The van der Waals surface area contributed by atoms with Gasteiger partial charge in [0.05, 0.1) is 18.4 Å². The van der Waals surface area contributed by atoms with Crippen LogP contribution in [0.3, 0.4) is 0 Å². The first-order valence-corrected chi connectivity index (χ1v) is 10.9. The molecule has 35 heavy (non-hydrogen) atoms. The number of esters is 1. The number of hydrogen-bond acceptors (Lipinski definition) is 6. The Hall–Kier alpha value is -4.43. The number of methoxy groups -OCH3 is 1. The Kier molecular flexibility index (Phi) is 6.66. The summed E-state index contributed by atoms with van der Waals surface area (Å²) in [5, 5.41) is 2.56. The van der Waals surface area contributed by atoms with Crippen LogP contribution in [0.5, 0.6) is 0 Å². The molecule has 176 valence electrons.